The van der Waals surface area contributed by atoms with E-state index in [0.29, 0.717) is 11.9 Å². The van der Waals surface area contributed by atoms with Gasteiger partial charge in [0.2, 0.25) is 0 Å². The molecule has 1 saturated carbocycles. The molecule has 2 aromatic heterocycles. The Morgan fingerprint density at radius 1 is 1.23 bits per heavy atom. The van der Waals surface area contributed by atoms with Gasteiger partial charge in [0.05, 0.1) is 0 Å². The first kappa shape index (κ1) is 15.0. The predicted octanol–water partition coefficient (Wildman–Crippen LogP) is 2.04. The van der Waals surface area contributed by atoms with Crippen LogP contribution < -0.4 is 5.32 Å². The van der Waals surface area contributed by atoms with Crippen LogP contribution in [-0.4, -0.2) is 50.9 Å². The zero-order valence-corrected chi connectivity index (χ0v) is 12.3. The lowest BCUT2D eigenvalue weighted by Gasteiger charge is -2.27. The summed E-state index contributed by atoms with van der Waals surface area (Å²) in [5.74, 6) is -0.710. The van der Waals surface area contributed by atoms with E-state index in [9.17, 15) is 13.2 Å². The van der Waals surface area contributed by atoms with Gasteiger partial charge in [-0.1, -0.05) is 0 Å². The van der Waals surface area contributed by atoms with Crippen molar-refractivity contribution < 1.29 is 13.2 Å². The second-order valence-corrected chi connectivity index (χ2v) is 5.72. The second kappa shape index (κ2) is 5.38. The topological polar surface area (TPSA) is 58.3 Å². The molecule has 120 valence electrons. The van der Waals surface area contributed by atoms with Crippen molar-refractivity contribution in [1.29, 1.82) is 0 Å². The van der Waals surface area contributed by atoms with Crippen LogP contribution in [0.15, 0.2) is 12.1 Å². The Hall–Kier alpha value is -1.90. The highest BCUT2D eigenvalue weighted by Gasteiger charge is 2.38. The van der Waals surface area contributed by atoms with Crippen molar-refractivity contribution in [2.75, 3.05) is 19.4 Å². The van der Waals surface area contributed by atoms with Gasteiger partial charge in [-0.3, -0.25) is 0 Å². The number of halogens is 3. The third-order valence-electron chi connectivity index (χ3n) is 3.99. The van der Waals surface area contributed by atoms with Crippen LogP contribution in [0.4, 0.5) is 19.0 Å². The maximum Gasteiger partial charge on any atom is 0.453 e. The van der Waals surface area contributed by atoms with E-state index in [1.807, 2.05) is 14.1 Å². The molecule has 3 rings (SSSR count). The van der Waals surface area contributed by atoms with Crippen LogP contribution in [0.1, 0.15) is 25.1 Å². The smallest absolute Gasteiger partial charge is 0.364 e. The van der Waals surface area contributed by atoms with Crippen LogP contribution in [0.5, 0.6) is 0 Å². The van der Waals surface area contributed by atoms with Crippen LogP contribution in [0, 0.1) is 0 Å². The van der Waals surface area contributed by atoms with E-state index in [0.717, 1.165) is 23.8 Å². The minimum Gasteiger partial charge on any atom is -0.364 e. The number of nitrogens with zero attached hydrogens (tertiary/aromatic N) is 5. The highest BCUT2D eigenvalue weighted by Crippen LogP contribution is 2.28. The highest BCUT2D eigenvalue weighted by molar-refractivity contribution is 5.45. The number of aromatic nitrogens is 4. The summed E-state index contributed by atoms with van der Waals surface area (Å²) in [7, 11) is 4.01. The number of hydrogen-bond donors (Lipinski definition) is 1. The third-order valence-corrected chi connectivity index (χ3v) is 3.99. The second-order valence-electron chi connectivity index (χ2n) is 5.72. The summed E-state index contributed by atoms with van der Waals surface area (Å²) in [5, 5.41) is 13.9. The van der Waals surface area contributed by atoms with Gasteiger partial charge in [0, 0.05) is 12.1 Å². The number of alkyl halides is 3. The summed E-state index contributed by atoms with van der Waals surface area (Å²) >= 11 is 0. The van der Waals surface area contributed by atoms with E-state index in [2.05, 4.69) is 25.5 Å². The number of nitrogens with one attached hydrogen (secondary N) is 1. The average Bonchev–Trinajstić information content (AvgIpc) is 3.03. The molecule has 0 amide bonds. The molecule has 0 spiro atoms. The first-order valence-electron chi connectivity index (χ1n) is 7.09. The molecule has 2 atom stereocenters. The first-order valence-corrected chi connectivity index (χ1v) is 7.09. The first-order chi connectivity index (χ1) is 10.4. The molecule has 0 radical (unpaired) electrons. The van der Waals surface area contributed by atoms with Gasteiger partial charge in [0.25, 0.3) is 5.82 Å². The molecule has 0 unspecified atom stereocenters. The Morgan fingerprint density at radius 3 is 2.68 bits per heavy atom. The summed E-state index contributed by atoms with van der Waals surface area (Å²) in [6.07, 6.45) is -1.46. The minimum absolute atomic E-state index is 0.0773. The molecule has 0 saturated heterocycles. The average molecular weight is 314 g/mol. The number of anilines is 1. The molecule has 2 aromatic rings. The lowest BCUT2D eigenvalue weighted by molar-refractivity contribution is -0.146. The molecule has 0 aromatic carbocycles. The fraction of sp³-hybridized carbons (Fsp3) is 0.615. The van der Waals surface area contributed by atoms with Gasteiger partial charge in [-0.2, -0.15) is 17.7 Å². The Morgan fingerprint density at radius 2 is 2.00 bits per heavy atom. The van der Waals surface area contributed by atoms with Crippen LogP contribution in [0.25, 0.3) is 5.65 Å². The molecule has 9 heteroatoms. The van der Waals surface area contributed by atoms with Crippen molar-refractivity contribution in [3.63, 3.8) is 0 Å². The molecule has 1 N–H and O–H groups in total. The molecule has 1 aliphatic rings. The van der Waals surface area contributed by atoms with Gasteiger partial charge in [-0.15, -0.1) is 15.3 Å². The van der Waals surface area contributed by atoms with Crippen LogP contribution in [-0.2, 0) is 6.18 Å². The quantitative estimate of drug-likeness (QED) is 0.939. The van der Waals surface area contributed by atoms with Crippen LogP contribution >= 0.6 is 0 Å². The van der Waals surface area contributed by atoms with Gasteiger partial charge in [0.15, 0.2) is 5.65 Å². The number of hydrogen-bond acceptors (Lipinski definition) is 5. The van der Waals surface area contributed by atoms with Crippen molar-refractivity contribution >= 4 is 11.5 Å². The molecular formula is C13H17F3N6. The Balaban J connectivity index is 1.89. The SMILES string of the molecule is CN(C)[C@H]1CCC[C@@H]1Nc1ccc2nnc(C(F)(F)F)n2n1. The molecule has 2 heterocycles. The largest absolute Gasteiger partial charge is 0.453 e. The Kier molecular flexibility index (Phi) is 3.67. The van der Waals surface area contributed by atoms with E-state index < -0.39 is 12.0 Å². The Labute approximate surface area is 125 Å². The van der Waals surface area contributed by atoms with E-state index in [4.69, 9.17) is 0 Å². The molecule has 1 aliphatic carbocycles. The summed E-state index contributed by atoms with van der Waals surface area (Å²) in [5.41, 5.74) is 0.0773. The lowest BCUT2D eigenvalue weighted by Crippen LogP contribution is -2.39. The fourth-order valence-corrected chi connectivity index (χ4v) is 2.96. The van der Waals surface area contributed by atoms with Crippen molar-refractivity contribution in [2.24, 2.45) is 0 Å². The van der Waals surface area contributed by atoms with Gasteiger partial charge < -0.3 is 10.2 Å². The van der Waals surface area contributed by atoms with Gasteiger partial charge >= 0.3 is 6.18 Å². The van der Waals surface area contributed by atoms with E-state index in [-0.39, 0.29) is 11.7 Å². The van der Waals surface area contributed by atoms with Crippen molar-refractivity contribution in [1.82, 2.24) is 24.7 Å². The maximum atomic E-state index is 12.9. The summed E-state index contributed by atoms with van der Waals surface area (Å²) in [4.78, 5) is 2.13. The van der Waals surface area contributed by atoms with E-state index in [1.54, 1.807) is 6.07 Å². The lowest BCUT2D eigenvalue weighted by atomic mass is 10.1. The van der Waals surface area contributed by atoms with Gasteiger partial charge in [-0.05, 0) is 45.5 Å². The Bertz CT molecular complexity index is 665. The van der Waals surface area contributed by atoms with Crippen LogP contribution in [0.3, 0.4) is 0 Å². The molecule has 1 fully saturated rings. The molecule has 22 heavy (non-hydrogen) atoms. The third kappa shape index (κ3) is 2.72. The minimum atomic E-state index is -4.58. The van der Waals surface area contributed by atoms with Crippen molar-refractivity contribution in [3.05, 3.63) is 18.0 Å². The molecular weight excluding hydrogens is 297 g/mol. The van der Waals surface area contributed by atoms with E-state index in [1.165, 1.54) is 6.07 Å². The number of rotatable bonds is 3. The number of fused-ring (bicyclic) bond motifs is 1. The maximum absolute atomic E-state index is 12.9. The van der Waals surface area contributed by atoms with Gasteiger partial charge in [-0.25, -0.2) is 0 Å². The van der Waals surface area contributed by atoms with Crippen LogP contribution in [0.2, 0.25) is 0 Å². The highest BCUT2D eigenvalue weighted by atomic mass is 19.4. The summed E-state index contributed by atoms with van der Waals surface area (Å²) in [6, 6.07) is 3.64. The standard InChI is InChI=1S/C13H17F3N6/c1-21(2)9-5-3-4-8(9)17-10-6-7-11-18-19-12(13(14,15)16)22(11)20-10/h6-9H,3-5H2,1-2H3,(H,17,20)/t8-,9-/m0/s1. The van der Waals surface area contributed by atoms with Gasteiger partial charge in [0.1, 0.15) is 5.82 Å². The summed E-state index contributed by atoms with van der Waals surface area (Å²) < 4.78 is 39.3. The molecule has 0 bridgehead atoms. The summed E-state index contributed by atoms with van der Waals surface area (Å²) in [6.45, 7) is 0. The molecule has 6 nitrogen and oxygen atoms in total. The number of likely N-dealkylation sites (N-methyl/N-ethyl adjacent to an activating group) is 1. The van der Waals surface area contributed by atoms with Crippen molar-refractivity contribution in [3.8, 4) is 0 Å². The van der Waals surface area contributed by atoms with E-state index >= 15 is 0 Å². The monoisotopic (exact) mass is 314 g/mol. The fourth-order valence-electron chi connectivity index (χ4n) is 2.96. The zero-order chi connectivity index (χ0) is 15.9. The predicted molar refractivity (Wildman–Crippen MR) is 74.5 cm³/mol. The van der Waals surface area contributed by atoms with Crippen molar-refractivity contribution in [2.45, 2.75) is 37.5 Å². The zero-order valence-electron chi connectivity index (χ0n) is 12.3. The molecule has 0 aliphatic heterocycles. The normalized spacial score (nSPS) is 22.6.